The van der Waals surface area contributed by atoms with Gasteiger partial charge in [0.05, 0.1) is 24.5 Å². The number of aryl methyl sites for hydroxylation is 1. The minimum Gasteiger partial charge on any atom is -0.305 e. The van der Waals surface area contributed by atoms with Crippen LogP contribution < -0.4 is 0 Å². The number of rotatable bonds is 4. The number of hydrogen-bond donors (Lipinski definition) is 0. The summed E-state index contributed by atoms with van der Waals surface area (Å²) in [5.74, 6) is 0.900. The van der Waals surface area contributed by atoms with Gasteiger partial charge in [-0.1, -0.05) is 0 Å². The molecule has 0 aliphatic carbocycles. The third-order valence-electron chi connectivity index (χ3n) is 4.05. The fourth-order valence-corrected chi connectivity index (χ4v) is 2.88. The lowest BCUT2D eigenvalue weighted by atomic mass is 10.1. The molecule has 0 spiro atoms. The van der Waals surface area contributed by atoms with Crippen molar-refractivity contribution in [2.24, 2.45) is 7.05 Å². The molecule has 114 valence electrons. The van der Waals surface area contributed by atoms with Gasteiger partial charge in [0.25, 0.3) is 0 Å². The Kier molecular flexibility index (Phi) is 3.73. The van der Waals surface area contributed by atoms with Gasteiger partial charge in [-0.05, 0) is 31.4 Å². The molecule has 0 amide bonds. The Morgan fingerprint density at radius 1 is 1.33 bits per heavy atom. The molecule has 0 bridgehead atoms. The number of tetrazole rings is 1. The molecule has 0 saturated heterocycles. The van der Waals surface area contributed by atoms with Crippen LogP contribution in [0.4, 0.5) is 0 Å². The van der Waals surface area contributed by atoms with Crippen LogP contribution in [0.2, 0.25) is 0 Å². The van der Waals surface area contributed by atoms with Crippen molar-refractivity contribution in [2.45, 2.75) is 32.6 Å². The number of fused-ring (bicyclic) bond motifs is 1. The van der Waals surface area contributed by atoms with E-state index in [1.165, 1.54) is 11.3 Å². The highest BCUT2D eigenvalue weighted by Gasteiger charge is 2.27. The van der Waals surface area contributed by atoms with E-state index in [1.54, 1.807) is 4.68 Å². The molecule has 1 unspecified atom stereocenters. The van der Waals surface area contributed by atoms with E-state index >= 15 is 0 Å². The van der Waals surface area contributed by atoms with Gasteiger partial charge in [0.2, 0.25) is 0 Å². The van der Waals surface area contributed by atoms with Gasteiger partial charge in [-0.25, -0.2) is 4.68 Å². The van der Waals surface area contributed by atoms with Crippen LogP contribution >= 0.6 is 0 Å². The van der Waals surface area contributed by atoms with Crippen molar-refractivity contribution in [3.63, 3.8) is 0 Å². The van der Waals surface area contributed by atoms with Crippen LogP contribution in [-0.2, 0) is 26.7 Å². The van der Waals surface area contributed by atoms with E-state index < -0.39 is 0 Å². The molecule has 2 aromatic rings. The summed E-state index contributed by atoms with van der Waals surface area (Å²) in [5.41, 5.74) is 2.60. The Bertz CT molecular complexity index is 613. The topological polar surface area (TPSA) is 67.9 Å². The highest BCUT2D eigenvalue weighted by Crippen LogP contribution is 2.25. The minimum absolute atomic E-state index is 0.195. The first-order valence-electron chi connectivity index (χ1n) is 7.21. The lowest BCUT2D eigenvalue weighted by Crippen LogP contribution is -2.37. The molecule has 21 heavy (non-hydrogen) atoms. The molecule has 3 rings (SSSR count). The van der Waals surface area contributed by atoms with Gasteiger partial charge < -0.3 is 4.90 Å². The Balaban J connectivity index is 1.80. The van der Waals surface area contributed by atoms with Crippen LogP contribution in [0.15, 0.2) is 6.20 Å². The highest BCUT2D eigenvalue weighted by molar-refractivity contribution is 5.19. The van der Waals surface area contributed by atoms with Gasteiger partial charge >= 0.3 is 0 Å². The zero-order valence-electron chi connectivity index (χ0n) is 13.1. The summed E-state index contributed by atoms with van der Waals surface area (Å²) in [6.45, 7) is 5.84. The van der Waals surface area contributed by atoms with Crippen molar-refractivity contribution in [1.82, 2.24) is 39.8 Å². The zero-order chi connectivity index (χ0) is 15.0. The Labute approximate surface area is 124 Å². The molecule has 8 nitrogen and oxygen atoms in total. The summed E-state index contributed by atoms with van der Waals surface area (Å²) in [6, 6.07) is 0.195. The van der Waals surface area contributed by atoms with Crippen molar-refractivity contribution in [3.05, 3.63) is 23.3 Å². The second-order valence-corrected chi connectivity index (χ2v) is 5.88. The molecule has 0 fully saturated rings. The Hall–Kier alpha value is -1.80. The second-order valence-electron chi connectivity index (χ2n) is 5.88. The highest BCUT2D eigenvalue weighted by atomic mass is 15.5. The third-order valence-corrected chi connectivity index (χ3v) is 4.05. The number of aromatic nitrogens is 6. The van der Waals surface area contributed by atoms with Crippen molar-refractivity contribution < 1.29 is 0 Å². The molecule has 1 aliphatic heterocycles. The predicted octanol–water partition coefficient (Wildman–Crippen LogP) is 0.0450. The van der Waals surface area contributed by atoms with E-state index in [0.717, 1.165) is 32.0 Å². The van der Waals surface area contributed by atoms with Gasteiger partial charge in [0.1, 0.15) is 0 Å². The molecule has 0 aromatic carbocycles. The minimum atomic E-state index is 0.195. The van der Waals surface area contributed by atoms with Crippen molar-refractivity contribution in [3.8, 4) is 0 Å². The van der Waals surface area contributed by atoms with E-state index in [-0.39, 0.29) is 6.04 Å². The fourth-order valence-electron chi connectivity index (χ4n) is 2.88. The molecule has 0 saturated carbocycles. The first-order chi connectivity index (χ1) is 10.1. The lowest BCUT2D eigenvalue weighted by molar-refractivity contribution is 0.151. The van der Waals surface area contributed by atoms with E-state index in [2.05, 4.69) is 56.1 Å². The lowest BCUT2D eigenvalue weighted by Gasteiger charge is -2.32. The smallest absolute Gasteiger partial charge is 0.167 e. The van der Waals surface area contributed by atoms with Gasteiger partial charge in [-0.15, -0.1) is 5.10 Å². The van der Waals surface area contributed by atoms with Gasteiger partial charge in [0.15, 0.2) is 5.82 Å². The van der Waals surface area contributed by atoms with Gasteiger partial charge in [0, 0.05) is 32.2 Å². The van der Waals surface area contributed by atoms with Crippen LogP contribution in [0.3, 0.4) is 0 Å². The van der Waals surface area contributed by atoms with Gasteiger partial charge in [-0.3, -0.25) is 9.58 Å². The van der Waals surface area contributed by atoms with Crippen LogP contribution in [0.5, 0.6) is 0 Å². The van der Waals surface area contributed by atoms with Crippen molar-refractivity contribution >= 4 is 0 Å². The Morgan fingerprint density at radius 2 is 2.14 bits per heavy atom. The second kappa shape index (κ2) is 5.53. The SMILES string of the molecule is CC(c1nnnn1C)N1CCn2ncc(CN(C)C)c2C1. The molecule has 3 heterocycles. The maximum Gasteiger partial charge on any atom is 0.167 e. The first-order valence-corrected chi connectivity index (χ1v) is 7.21. The average molecular weight is 290 g/mol. The molecular weight excluding hydrogens is 268 g/mol. The van der Waals surface area contributed by atoms with E-state index in [0.29, 0.717) is 0 Å². The molecule has 1 atom stereocenters. The van der Waals surface area contributed by atoms with Crippen LogP contribution in [0, 0.1) is 0 Å². The molecule has 1 aliphatic rings. The fraction of sp³-hybridized carbons (Fsp3) is 0.692. The molecule has 8 heteroatoms. The monoisotopic (exact) mass is 290 g/mol. The van der Waals surface area contributed by atoms with E-state index in [1.807, 2.05) is 13.2 Å². The van der Waals surface area contributed by atoms with Crippen LogP contribution in [0.1, 0.15) is 30.0 Å². The summed E-state index contributed by atoms with van der Waals surface area (Å²) in [4.78, 5) is 4.58. The molecule has 0 N–H and O–H groups in total. The summed E-state index contributed by atoms with van der Waals surface area (Å²) in [7, 11) is 6.05. The third kappa shape index (κ3) is 2.68. The van der Waals surface area contributed by atoms with E-state index in [9.17, 15) is 0 Å². The maximum absolute atomic E-state index is 4.50. The van der Waals surface area contributed by atoms with Crippen molar-refractivity contribution in [2.75, 3.05) is 20.6 Å². The summed E-state index contributed by atoms with van der Waals surface area (Å²) in [6.07, 6.45) is 1.99. The quantitative estimate of drug-likeness (QED) is 0.792. The summed E-state index contributed by atoms with van der Waals surface area (Å²) < 4.78 is 3.87. The summed E-state index contributed by atoms with van der Waals surface area (Å²) >= 11 is 0. The van der Waals surface area contributed by atoms with Crippen LogP contribution in [-0.4, -0.2) is 60.4 Å². The zero-order valence-corrected chi connectivity index (χ0v) is 13.1. The Morgan fingerprint density at radius 3 is 2.81 bits per heavy atom. The molecule has 2 aromatic heterocycles. The molecular formula is C13H22N8. The summed E-state index contributed by atoms with van der Waals surface area (Å²) in [5, 5.41) is 16.3. The normalized spacial score (nSPS) is 17.2. The molecule has 0 radical (unpaired) electrons. The maximum atomic E-state index is 4.50. The number of nitrogens with zero attached hydrogens (tertiary/aromatic N) is 8. The van der Waals surface area contributed by atoms with Gasteiger partial charge in [-0.2, -0.15) is 5.10 Å². The standard InChI is InChI=1S/C13H22N8/c1-10(13-15-16-17-19(13)4)20-5-6-21-12(9-20)11(7-14-21)8-18(2)3/h7,10H,5-6,8-9H2,1-4H3. The first kappa shape index (κ1) is 14.2. The van der Waals surface area contributed by atoms with Crippen molar-refractivity contribution in [1.29, 1.82) is 0 Å². The van der Waals surface area contributed by atoms with Crippen LogP contribution in [0.25, 0.3) is 0 Å². The largest absolute Gasteiger partial charge is 0.305 e. The number of hydrogen-bond acceptors (Lipinski definition) is 6. The van der Waals surface area contributed by atoms with E-state index in [4.69, 9.17) is 0 Å². The predicted molar refractivity (Wildman–Crippen MR) is 77.2 cm³/mol. The average Bonchev–Trinajstić information content (AvgIpc) is 3.04.